The predicted octanol–water partition coefficient (Wildman–Crippen LogP) is 4.31. The normalized spacial score (nSPS) is 19.2. The molecule has 2 fully saturated rings. The second-order valence-electron chi connectivity index (χ2n) is 14.1. The van der Waals surface area contributed by atoms with Crippen molar-refractivity contribution in [1.29, 1.82) is 0 Å². The van der Waals surface area contributed by atoms with Gasteiger partial charge in [-0.05, 0) is 54.0 Å². The van der Waals surface area contributed by atoms with Crippen molar-refractivity contribution in [3.05, 3.63) is 79.8 Å². The Morgan fingerprint density at radius 3 is 2.54 bits per heavy atom. The average Bonchev–Trinajstić information content (AvgIpc) is 3.55. The molecule has 12 heteroatoms. The summed E-state index contributed by atoms with van der Waals surface area (Å²) < 4.78 is 6.83. The largest absolute Gasteiger partial charge is 0.378 e. The van der Waals surface area contributed by atoms with Gasteiger partial charge in [0, 0.05) is 73.7 Å². The molecule has 0 saturated carbocycles. The highest BCUT2D eigenvalue weighted by Crippen LogP contribution is 2.46. The summed E-state index contributed by atoms with van der Waals surface area (Å²) in [7, 11) is 1.67. The summed E-state index contributed by atoms with van der Waals surface area (Å²) in [5, 5.41) is 3.19. The number of rotatable bonds is 7. The van der Waals surface area contributed by atoms with Gasteiger partial charge in [0.1, 0.15) is 11.5 Å². The van der Waals surface area contributed by atoms with Crippen LogP contribution in [0.4, 0.5) is 22.9 Å². The Bertz CT molecular complexity index is 1970. The topological polar surface area (TPSA) is 113 Å². The third kappa shape index (κ3) is 5.41. The summed E-state index contributed by atoms with van der Waals surface area (Å²) in [4.78, 5) is 57.5. The van der Waals surface area contributed by atoms with E-state index in [1.54, 1.807) is 47.9 Å². The molecule has 0 bridgehead atoms. The highest BCUT2D eigenvalue weighted by atomic mass is 32.1. The van der Waals surface area contributed by atoms with Crippen molar-refractivity contribution in [3.63, 3.8) is 0 Å². The minimum Gasteiger partial charge on any atom is -0.378 e. The van der Waals surface area contributed by atoms with Crippen molar-refractivity contribution in [2.24, 2.45) is 12.5 Å². The molecule has 7 heterocycles. The number of hydrogen-bond acceptors (Lipinski definition) is 10. The average molecular weight is 666 g/mol. The molecule has 11 nitrogen and oxygen atoms in total. The van der Waals surface area contributed by atoms with Gasteiger partial charge in [0.25, 0.3) is 11.5 Å². The summed E-state index contributed by atoms with van der Waals surface area (Å²) in [6.45, 7) is 10.5. The molecule has 3 aliphatic heterocycles. The third-order valence-electron chi connectivity index (χ3n) is 10.2. The van der Waals surface area contributed by atoms with E-state index < -0.39 is 0 Å². The van der Waals surface area contributed by atoms with Gasteiger partial charge >= 0.3 is 0 Å². The second-order valence-corrected chi connectivity index (χ2v) is 15.2. The van der Waals surface area contributed by atoms with Crippen LogP contribution in [-0.2, 0) is 31.0 Å². The van der Waals surface area contributed by atoms with Crippen molar-refractivity contribution in [2.45, 2.75) is 39.2 Å². The molecular formula is C36H39N7O4S. The Labute approximate surface area is 283 Å². The molecule has 2 saturated heterocycles. The number of amides is 1. The number of anilines is 4. The van der Waals surface area contributed by atoms with Crippen molar-refractivity contribution in [3.8, 4) is 11.1 Å². The minimum atomic E-state index is -0.231. The third-order valence-corrected chi connectivity index (χ3v) is 11.5. The molecular weight excluding hydrogens is 627 g/mol. The van der Waals surface area contributed by atoms with E-state index in [9.17, 15) is 14.4 Å². The Kier molecular flexibility index (Phi) is 7.69. The summed E-state index contributed by atoms with van der Waals surface area (Å²) in [6.07, 6.45) is 10.2. The van der Waals surface area contributed by atoms with Crippen molar-refractivity contribution in [2.75, 3.05) is 61.1 Å². The van der Waals surface area contributed by atoms with Crippen LogP contribution >= 0.6 is 11.3 Å². The number of aromatic nitrogens is 3. The van der Waals surface area contributed by atoms with Crippen LogP contribution in [0.3, 0.4) is 0 Å². The standard InChI is InChI=1S/C36H39N7O4S/c1-36(2)13-26-25-6-7-43(35(46)33(25)48-31(26)14-36)30-17-37-16-27(28(30)19-44)22-12-29(34(45)40(3)18-22)39-32-5-4-23(15-38-32)41-8-10-42(11-9-41)24-20-47-21-24/h4-5,12,15-19,24H,6-11,13-14,20-21H2,1-3H3,(H,38,39). The number of nitrogens with one attached hydrogen (secondary N) is 1. The fraction of sp³-hybridized carbons (Fsp3) is 0.417. The molecule has 0 aromatic carbocycles. The van der Waals surface area contributed by atoms with Gasteiger partial charge in [-0.2, -0.15) is 0 Å². The number of fused-ring (bicyclic) bond motifs is 3. The number of aryl methyl sites for hydroxylation is 1. The molecule has 1 aliphatic carbocycles. The lowest BCUT2D eigenvalue weighted by atomic mass is 9.89. The van der Waals surface area contributed by atoms with Crippen molar-refractivity contribution >= 4 is 46.4 Å². The number of aldehydes is 1. The van der Waals surface area contributed by atoms with Crippen molar-refractivity contribution < 1.29 is 14.3 Å². The molecule has 0 radical (unpaired) electrons. The Morgan fingerprint density at radius 1 is 1.02 bits per heavy atom. The first kappa shape index (κ1) is 30.9. The number of pyridine rings is 3. The van der Waals surface area contributed by atoms with E-state index in [1.165, 1.54) is 20.6 Å². The van der Waals surface area contributed by atoms with Crippen LogP contribution in [0, 0.1) is 5.41 Å². The number of carbonyl (C=O) groups is 2. The van der Waals surface area contributed by atoms with Crippen LogP contribution in [-0.4, -0.2) is 83.6 Å². The van der Waals surface area contributed by atoms with Gasteiger partial charge < -0.3 is 24.4 Å². The minimum absolute atomic E-state index is 0.0808. The van der Waals surface area contributed by atoms with Gasteiger partial charge in [-0.3, -0.25) is 24.3 Å². The number of hydrogen-bond donors (Lipinski definition) is 1. The second kappa shape index (κ2) is 11.9. The van der Waals surface area contributed by atoms with Gasteiger partial charge in [-0.1, -0.05) is 13.8 Å². The van der Waals surface area contributed by atoms with Crippen LogP contribution in [0.1, 0.15) is 49.9 Å². The fourth-order valence-electron chi connectivity index (χ4n) is 7.53. The van der Waals surface area contributed by atoms with E-state index in [0.717, 1.165) is 75.5 Å². The molecule has 8 rings (SSSR count). The van der Waals surface area contributed by atoms with E-state index >= 15 is 0 Å². The number of piperazine rings is 1. The highest BCUT2D eigenvalue weighted by molar-refractivity contribution is 7.14. The van der Waals surface area contributed by atoms with Crippen LogP contribution in [0.5, 0.6) is 0 Å². The molecule has 4 aromatic heterocycles. The first-order valence-electron chi connectivity index (χ1n) is 16.6. The Hall–Kier alpha value is -4.39. The first-order chi connectivity index (χ1) is 23.2. The molecule has 4 aliphatic rings. The first-order valence-corrected chi connectivity index (χ1v) is 17.4. The number of ether oxygens (including phenoxy) is 1. The van der Waals surface area contributed by atoms with Gasteiger partial charge in [0.05, 0.1) is 47.9 Å². The zero-order valence-electron chi connectivity index (χ0n) is 27.5. The lowest BCUT2D eigenvalue weighted by molar-refractivity contribution is -0.0660. The quantitative estimate of drug-likeness (QED) is 0.289. The summed E-state index contributed by atoms with van der Waals surface area (Å²) >= 11 is 1.61. The van der Waals surface area contributed by atoms with Gasteiger partial charge in [0.2, 0.25) is 0 Å². The molecule has 1 amide bonds. The van der Waals surface area contributed by atoms with Gasteiger partial charge in [-0.15, -0.1) is 11.3 Å². The smallest absolute Gasteiger partial charge is 0.274 e. The molecule has 1 N–H and O–H groups in total. The maximum atomic E-state index is 13.9. The van der Waals surface area contributed by atoms with E-state index in [4.69, 9.17) is 4.74 Å². The van der Waals surface area contributed by atoms with Crippen LogP contribution in [0.25, 0.3) is 11.1 Å². The molecule has 0 spiro atoms. The molecule has 48 heavy (non-hydrogen) atoms. The molecule has 4 aromatic rings. The Morgan fingerprint density at radius 2 is 1.83 bits per heavy atom. The predicted molar refractivity (Wildman–Crippen MR) is 187 cm³/mol. The molecule has 0 unspecified atom stereocenters. The number of nitrogens with zero attached hydrogens (tertiary/aromatic N) is 6. The van der Waals surface area contributed by atoms with E-state index in [2.05, 4.69) is 38.9 Å². The highest BCUT2D eigenvalue weighted by Gasteiger charge is 2.38. The van der Waals surface area contributed by atoms with E-state index in [0.29, 0.717) is 46.5 Å². The van der Waals surface area contributed by atoms with Crippen molar-refractivity contribution in [1.82, 2.24) is 19.4 Å². The van der Waals surface area contributed by atoms with E-state index in [-0.39, 0.29) is 16.9 Å². The van der Waals surface area contributed by atoms with E-state index in [1.807, 2.05) is 18.3 Å². The number of carbonyl (C=O) groups excluding carboxylic acids is 2. The maximum Gasteiger partial charge on any atom is 0.274 e. The molecule has 0 atom stereocenters. The maximum absolute atomic E-state index is 13.9. The van der Waals surface area contributed by atoms with Crippen LogP contribution in [0.15, 0.2) is 47.8 Å². The SMILES string of the molecule is Cn1cc(-c2cncc(N3CCc4c(sc5c4CC(C)(C)C5)C3=O)c2C=O)cc(Nc2ccc(N3CCN(C4COC4)CC3)cn2)c1=O. The molecule has 248 valence electrons. The van der Waals surface area contributed by atoms with Crippen LogP contribution < -0.4 is 20.7 Å². The lowest BCUT2D eigenvalue weighted by Gasteiger charge is -2.43. The zero-order chi connectivity index (χ0) is 33.2. The summed E-state index contributed by atoms with van der Waals surface area (Å²) in [6, 6.07) is 6.17. The fourth-order valence-corrected chi connectivity index (χ4v) is 9.11. The number of thiophene rings is 1. The van der Waals surface area contributed by atoms with Gasteiger partial charge in [-0.25, -0.2) is 4.98 Å². The summed E-state index contributed by atoms with van der Waals surface area (Å²) in [5.41, 5.74) is 5.91. The van der Waals surface area contributed by atoms with Gasteiger partial charge in [0.15, 0.2) is 6.29 Å². The lowest BCUT2D eigenvalue weighted by Crippen LogP contribution is -2.56. The summed E-state index contributed by atoms with van der Waals surface area (Å²) in [5.74, 6) is 0.462. The van der Waals surface area contributed by atoms with Crippen LogP contribution in [0.2, 0.25) is 0 Å². The zero-order valence-corrected chi connectivity index (χ0v) is 28.3. The monoisotopic (exact) mass is 665 g/mol. The Balaban J connectivity index is 1.03.